The zero-order valence-corrected chi connectivity index (χ0v) is 12.9. The topological polar surface area (TPSA) is 50.4 Å². The van der Waals surface area contributed by atoms with Crippen molar-refractivity contribution in [3.8, 4) is 0 Å². The second-order valence-electron chi connectivity index (χ2n) is 5.08. The Morgan fingerprint density at radius 1 is 1.05 bits per heavy atom. The summed E-state index contributed by atoms with van der Waals surface area (Å²) >= 11 is 0. The molecule has 1 fully saturated rings. The van der Waals surface area contributed by atoms with E-state index in [-0.39, 0.29) is 24.2 Å². The minimum absolute atomic E-state index is 0. The number of amides is 1. The molecule has 0 atom stereocenters. The summed E-state index contributed by atoms with van der Waals surface area (Å²) in [6, 6.07) is 0. The lowest BCUT2D eigenvalue weighted by molar-refractivity contribution is -0.125. The molecule has 1 rings (SSSR count). The number of halogens is 1. The first-order valence-corrected chi connectivity index (χ1v) is 7.32. The molecule has 4 nitrogen and oxygen atoms in total. The van der Waals surface area contributed by atoms with Crippen molar-refractivity contribution in [3.05, 3.63) is 0 Å². The maximum Gasteiger partial charge on any atom is 0.223 e. The van der Waals surface area contributed by atoms with Crippen LogP contribution in [0.15, 0.2) is 0 Å². The lowest BCUT2D eigenvalue weighted by Crippen LogP contribution is -2.36. The van der Waals surface area contributed by atoms with Gasteiger partial charge in [0, 0.05) is 32.7 Å². The Hall–Kier alpha value is -0.320. The molecule has 0 heterocycles. The lowest BCUT2D eigenvalue weighted by atomic mass is 9.90. The first-order chi connectivity index (χ1) is 8.84. The predicted molar refractivity (Wildman–Crippen MR) is 80.8 cm³/mol. The molecule has 114 valence electrons. The minimum Gasteiger partial charge on any atom is -0.383 e. The van der Waals surface area contributed by atoms with Crippen LogP contribution in [0, 0.1) is 5.92 Å². The van der Waals surface area contributed by atoms with E-state index in [1.54, 1.807) is 7.11 Å². The van der Waals surface area contributed by atoms with Crippen LogP contribution < -0.4 is 10.6 Å². The maximum atomic E-state index is 12.0. The quantitative estimate of drug-likeness (QED) is 0.707. The highest BCUT2D eigenvalue weighted by atomic mass is 35.5. The molecule has 1 aliphatic carbocycles. The molecule has 0 aromatic heterocycles. The van der Waals surface area contributed by atoms with E-state index in [4.69, 9.17) is 4.74 Å². The van der Waals surface area contributed by atoms with Crippen LogP contribution in [0.2, 0.25) is 0 Å². The van der Waals surface area contributed by atoms with Crippen LogP contribution in [-0.2, 0) is 9.53 Å². The molecule has 1 aliphatic rings. The predicted octanol–water partition coefficient (Wildman–Crippen LogP) is 2.12. The van der Waals surface area contributed by atoms with Crippen molar-refractivity contribution in [2.75, 3.05) is 33.4 Å². The van der Waals surface area contributed by atoms with Gasteiger partial charge in [-0.05, 0) is 12.8 Å². The molecule has 0 radical (unpaired) electrons. The van der Waals surface area contributed by atoms with E-state index < -0.39 is 0 Å². The molecule has 1 amide bonds. The highest BCUT2D eigenvalue weighted by molar-refractivity contribution is 5.85. The van der Waals surface area contributed by atoms with E-state index in [2.05, 4.69) is 10.6 Å². The zero-order valence-electron chi connectivity index (χ0n) is 12.1. The Labute approximate surface area is 123 Å². The maximum absolute atomic E-state index is 12.0. The van der Waals surface area contributed by atoms with Crippen molar-refractivity contribution in [3.63, 3.8) is 0 Å². The summed E-state index contributed by atoms with van der Waals surface area (Å²) in [5.74, 6) is 0.509. The lowest BCUT2D eigenvalue weighted by Gasteiger charge is -2.19. The van der Waals surface area contributed by atoms with Crippen molar-refractivity contribution in [2.24, 2.45) is 5.92 Å². The Morgan fingerprint density at radius 3 is 2.32 bits per heavy atom. The highest BCUT2D eigenvalue weighted by Gasteiger charge is 2.18. The molecule has 5 heteroatoms. The zero-order chi connectivity index (χ0) is 13.1. The number of carbonyl (C=O) groups excluding carboxylic acids is 1. The summed E-state index contributed by atoms with van der Waals surface area (Å²) < 4.78 is 4.94. The van der Waals surface area contributed by atoms with Crippen molar-refractivity contribution >= 4 is 18.3 Å². The van der Waals surface area contributed by atoms with Gasteiger partial charge in [0.1, 0.15) is 0 Å². The Balaban J connectivity index is 0.00000324. The van der Waals surface area contributed by atoms with Crippen molar-refractivity contribution in [1.29, 1.82) is 0 Å². The molecule has 0 unspecified atom stereocenters. The second kappa shape index (κ2) is 12.7. The van der Waals surface area contributed by atoms with Crippen molar-refractivity contribution in [1.82, 2.24) is 10.6 Å². The highest BCUT2D eigenvalue weighted by Crippen LogP contribution is 2.22. The average Bonchev–Trinajstić information content (AvgIpc) is 2.33. The second-order valence-corrected chi connectivity index (χ2v) is 5.08. The van der Waals surface area contributed by atoms with Crippen molar-refractivity contribution in [2.45, 2.75) is 44.9 Å². The van der Waals surface area contributed by atoms with E-state index in [9.17, 15) is 4.79 Å². The van der Waals surface area contributed by atoms with E-state index in [0.717, 1.165) is 39.1 Å². The SMILES string of the molecule is COCCNCCNC(=O)C1CCCCCCC1.Cl. The van der Waals surface area contributed by atoms with Crippen LogP contribution in [0.25, 0.3) is 0 Å². The number of rotatable bonds is 7. The fourth-order valence-electron chi connectivity index (χ4n) is 2.44. The average molecular weight is 293 g/mol. The van der Waals surface area contributed by atoms with E-state index in [1.165, 1.54) is 32.1 Å². The van der Waals surface area contributed by atoms with Crippen molar-refractivity contribution < 1.29 is 9.53 Å². The van der Waals surface area contributed by atoms with Crippen LogP contribution in [0.4, 0.5) is 0 Å². The molecule has 0 aliphatic heterocycles. The van der Waals surface area contributed by atoms with E-state index in [1.807, 2.05) is 0 Å². The molecule has 1 saturated carbocycles. The first-order valence-electron chi connectivity index (χ1n) is 7.32. The third-order valence-electron chi connectivity index (χ3n) is 3.56. The molecule has 0 aromatic carbocycles. The van der Waals surface area contributed by atoms with Gasteiger partial charge in [-0.3, -0.25) is 4.79 Å². The summed E-state index contributed by atoms with van der Waals surface area (Å²) in [5, 5.41) is 6.26. The standard InChI is InChI=1S/C14H28N2O2.ClH/c1-18-12-11-15-9-10-16-14(17)13-7-5-3-2-4-6-8-13;/h13,15H,2-12H2,1H3,(H,16,17);1H. The van der Waals surface area contributed by atoms with Gasteiger partial charge in [0.2, 0.25) is 5.91 Å². The molecular weight excluding hydrogens is 264 g/mol. The summed E-state index contributed by atoms with van der Waals surface area (Å²) in [6.45, 7) is 3.10. The number of hydrogen-bond donors (Lipinski definition) is 2. The smallest absolute Gasteiger partial charge is 0.223 e. The number of hydrogen-bond acceptors (Lipinski definition) is 3. The number of nitrogens with one attached hydrogen (secondary N) is 2. The minimum atomic E-state index is 0. The number of carbonyl (C=O) groups is 1. The van der Waals surface area contributed by atoms with Gasteiger partial charge in [0.15, 0.2) is 0 Å². The molecular formula is C14H29ClN2O2. The normalized spacial score (nSPS) is 17.1. The molecule has 19 heavy (non-hydrogen) atoms. The van der Waals surface area contributed by atoms with Gasteiger partial charge in [0.25, 0.3) is 0 Å². The van der Waals surface area contributed by atoms with E-state index in [0.29, 0.717) is 0 Å². The fourth-order valence-corrected chi connectivity index (χ4v) is 2.44. The number of methoxy groups -OCH3 is 1. The Morgan fingerprint density at radius 2 is 1.68 bits per heavy atom. The van der Waals surface area contributed by atoms with Gasteiger partial charge in [-0.2, -0.15) is 0 Å². The monoisotopic (exact) mass is 292 g/mol. The van der Waals surface area contributed by atoms with Crippen LogP contribution in [0.3, 0.4) is 0 Å². The summed E-state index contributed by atoms with van der Waals surface area (Å²) in [5.41, 5.74) is 0. The van der Waals surface area contributed by atoms with Gasteiger partial charge in [-0.25, -0.2) is 0 Å². The van der Waals surface area contributed by atoms with E-state index >= 15 is 0 Å². The molecule has 0 aromatic rings. The molecule has 0 spiro atoms. The summed E-state index contributed by atoms with van der Waals surface area (Å²) in [7, 11) is 1.69. The third-order valence-corrected chi connectivity index (χ3v) is 3.56. The van der Waals surface area contributed by atoms with Crippen LogP contribution in [0.1, 0.15) is 44.9 Å². The molecule has 0 saturated heterocycles. The van der Waals surface area contributed by atoms with Gasteiger partial charge in [-0.1, -0.05) is 32.1 Å². The van der Waals surface area contributed by atoms with Gasteiger partial charge < -0.3 is 15.4 Å². The largest absolute Gasteiger partial charge is 0.383 e. The summed E-state index contributed by atoms with van der Waals surface area (Å²) in [6.07, 6.45) is 8.50. The Kier molecular flexibility index (Phi) is 12.5. The fraction of sp³-hybridized carbons (Fsp3) is 0.929. The molecule has 2 N–H and O–H groups in total. The van der Waals surface area contributed by atoms with Gasteiger partial charge in [-0.15, -0.1) is 12.4 Å². The van der Waals surface area contributed by atoms with Crippen LogP contribution >= 0.6 is 12.4 Å². The Bertz CT molecular complexity index is 219. The third kappa shape index (κ3) is 9.25. The summed E-state index contributed by atoms with van der Waals surface area (Å²) in [4.78, 5) is 12.0. The van der Waals surface area contributed by atoms with Crippen LogP contribution in [0.5, 0.6) is 0 Å². The van der Waals surface area contributed by atoms with Crippen LogP contribution in [-0.4, -0.2) is 39.3 Å². The van der Waals surface area contributed by atoms with Gasteiger partial charge >= 0.3 is 0 Å². The van der Waals surface area contributed by atoms with Gasteiger partial charge in [0.05, 0.1) is 6.61 Å². The molecule has 0 bridgehead atoms. The first kappa shape index (κ1) is 18.7. The number of ether oxygens (including phenoxy) is 1.